The van der Waals surface area contributed by atoms with Gasteiger partial charge in [0.05, 0.1) is 5.60 Å². The lowest BCUT2D eigenvalue weighted by Gasteiger charge is -2.32. The highest BCUT2D eigenvalue weighted by Crippen LogP contribution is 2.37. The van der Waals surface area contributed by atoms with Gasteiger partial charge in [-0.05, 0) is 48.1 Å². The summed E-state index contributed by atoms with van der Waals surface area (Å²) in [6.45, 7) is 0. The molecule has 1 aliphatic heterocycles. The van der Waals surface area contributed by atoms with Gasteiger partial charge >= 0.3 is 0 Å². The third-order valence-electron chi connectivity index (χ3n) is 2.72. The van der Waals surface area contributed by atoms with Crippen molar-refractivity contribution in [1.82, 2.24) is 0 Å². The van der Waals surface area contributed by atoms with Crippen LogP contribution in [0.2, 0.25) is 10.0 Å². The van der Waals surface area contributed by atoms with Gasteiger partial charge in [0.1, 0.15) is 0 Å². The molecule has 4 heteroatoms. The van der Waals surface area contributed by atoms with Crippen LogP contribution >= 0.6 is 35.0 Å². The van der Waals surface area contributed by atoms with Crippen LogP contribution in [0.5, 0.6) is 0 Å². The number of halogens is 2. The maximum absolute atomic E-state index is 10.5. The fraction of sp³-hybridized carbons (Fsp3) is 0.455. The molecule has 15 heavy (non-hydrogen) atoms. The summed E-state index contributed by atoms with van der Waals surface area (Å²) in [5.41, 5.74) is 0.111. The van der Waals surface area contributed by atoms with Crippen LogP contribution in [0.1, 0.15) is 18.4 Å². The van der Waals surface area contributed by atoms with E-state index in [1.807, 2.05) is 23.9 Å². The predicted molar refractivity (Wildman–Crippen MR) is 66.9 cm³/mol. The lowest BCUT2D eigenvalue weighted by atomic mass is 9.88. The summed E-state index contributed by atoms with van der Waals surface area (Å²) in [5, 5.41) is 11.6. The molecule has 1 nitrogen and oxygen atoms in total. The Morgan fingerprint density at radius 3 is 2.13 bits per heavy atom. The molecule has 1 aliphatic rings. The van der Waals surface area contributed by atoms with E-state index < -0.39 is 5.60 Å². The van der Waals surface area contributed by atoms with Gasteiger partial charge in [-0.3, -0.25) is 0 Å². The fourth-order valence-electron chi connectivity index (χ4n) is 1.82. The maximum Gasteiger partial charge on any atom is 0.0913 e. The van der Waals surface area contributed by atoms with Crippen molar-refractivity contribution in [2.75, 3.05) is 11.5 Å². The molecule has 1 aromatic carbocycles. The molecular weight excluding hydrogens is 251 g/mol. The first-order chi connectivity index (χ1) is 7.10. The summed E-state index contributed by atoms with van der Waals surface area (Å²) in [6, 6.07) is 5.31. The van der Waals surface area contributed by atoms with Crippen LogP contribution < -0.4 is 0 Å². The second-order valence-electron chi connectivity index (χ2n) is 3.80. The van der Waals surface area contributed by atoms with Crippen molar-refractivity contribution >= 4 is 35.0 Å². The third kappa shape index (κ3) is 2.62. The second-order valence-corrected chi connectivity index (χ2v) is 5.90. The van der Waals surface area contributed by atoms with E-state index in [9.17, 15) is 5.11 Å². The lowest BCUT2D eigenvalue weighted by Crippen LogP contribution is -2.30. The van der Waals surface area contributed by atoms with Crippen molar-refractivity contribution < 1.29 is 5.11 Å². The summed E-state index contributed by atoms with van der Waals surface area (Å²) in [7, 11) is 0. The topological polar surface area (TPSA) is 20.2 Å². The summed E-state index contributed by atoms with van der Waals surface area (Å²) in [4.78, 5) is 0. The van der Waals surface area contributed by atoms with Crippen LogP contribution in [0, 0.1) is 0 Å². The molecule has 0 bridgehead atoms. The Morgan fingerprint density at radius 1 is 1.07 bits per heavy atom. The predicted octanol–water partition coefficient (Wildman–Crippen LogP) is 3.71. The number of thioether (sulfide) groups is 1. The van der Waals surface area contributed by atoms with Crippen LogP contribution in [0.4, 0.5) is 0 Å². The Hall–Kier alpha value is 0.110. The number of rotatable bonds is 1. The molecule has 0 spiro atoms. The Bertz CT molecular complexity index is 341. The molecule has 1 aromatic rings. The number of benzene rings is 1. The minimum absolute atomic E-state index is 0.587. The number of aliphatic hydroxyl groups is 1. The molecule has 0 aliphatic carbocycles. The summed E-state index contributed by atoms with van der Waals surface area (Å²) < 4.78 is 0. The smallest absolute Gasteiger partial charge is 0.0913 e. The van der Waals surface area contributed by atoms with Crippen LogP contribution in [-0.4, -0.2) is 16.6 Å². The highest BCUT2D eigenvalue weighted by atomic mass is 35.5. The van der Waals surface area contributed by atoms with Gasteiger partial charge in [0.25, 0.3) is 0 Å². The Kier molecular flexibility index (Phi) is 3.51. The molecule has 0 radical (unpaired) electrons. The van der Waals surface area contributed by atoms with Gasteiger partial charge in [-0.2, -0.15) is 11.8 Å². The van der Waals surface area contributed by atoms with E-state index in [1.165, 1.54) is 0 Å². The average molecular weight is 263 g/mol. The standard InChI is InChI=1S/C11H12Cl2OS/c12-9-5-8(6-10(13)7-9)11(14)1-3-15-4-2-11/h5-7,14H,1-4H2. The largest absolute Gasteiger partial charge is 0.385 e. The monoisotopic (exact) mass is 262 g/mol. The minimum Gasteiger partial charge on any atom is -0.385 e. The molecule has 2 rings (SSSR count). The van der Waals surface area contributed by atoms with Crippen molar-refractivity contribution in [3.8, 4) is 0 Å². The third-order valence-corrected chi connectivity index (χ3v) is 4.14. The summed E-state index contributed by atoms with van der Waals surface area (Å²) in [6.07, 6.45) is 1.54. The zero-order chi connectivity index (χ0) is 10.9. The highest BCUT2D eigenvalue weighted by Gasteiger charge is 2.31. The molecule has 0 aromatic heterocycles. The van der Waals surface area contributed by atoms with Gasteiger partial charge in [-0.15, -0.1) is 0 Å². The number of hydrogen-bond acceptors (Lipinski definition) is 2. The Labute approximate surface area is 104 Å². The molecule has 0 atom stereocenters. The van der Waals surface area contributed by atoms with E-state index in [0.29, 0.717) is 10.0 Å². The van der Waals surface area contributed by atoms with Gasteiger partial charge in [-0.1, -0.05) is 23.2 Å². The van der Waals surface area contributed by atoms with E-state index in [-0.39, 0.29) is 0 Å². The van der Waals surface area contributed by atoms with Crippen molar-refractivity contribution in [2.24, 2.45) is 0 Å². The molecule has 1 heterocycles. The fourth-order valence-corrected chi connectivity index (χ4v) is 3.51. The van der Waals surface area contributed by atoms with Gasteiger partial charge in [0.2, 0.25) is 0 Å². The normalized spacial score (nSPS) is 20.2. The summed E-state index contributed by atoms with van der Waals surface area (Å²) in [5.74, 6) is 1.97. The van der Waals surface area contributed by atoms with E-state index in [2.05, 4.69) is 0 Å². The lowest BCUT2D eigenvalue weighted by molar-refractivity contribution is 0.0281. The zero-order valence-electron chi connectivity index (χ0n) is 8.17. The van der Waals surface area contributed by atoms with E-state index >= 15 is 0 Å². The van der Waals surface area contributed by atoms with Crippen LogP contribution in [-0.2, 0) is 5.60 Å². The van der Waals surface area contributed by atoms with Gasteiger partial charge in [0, 0.05) is 10.0 Å². The first-order valence-electron chi connectivity index (χ1n) is 4.87. The van der Waals surface area contributed by atoms with Crippen molar-refractivity contribution in [1.29, 1.82) is 0 Å². The first-order valence-corrected chi connectivity index (χ1v) is 6.78. The van der Waals surface area contributed by atoms with Gasteiger partial charge in [-0.25, -0.2) is 0 Å². The minimum atomic E-state index is -0.736. The second kappa shape index (κ2) is 4.54. The van der Waals surface area contributed by atoms with E-state index in [0.717, 1.165) is 29.9 Å². The molecule has 0 amide bonds. The Morgan fingerprint density at radius 2 is 1.60 bits per heavy atom. The van der Waals surface area contributed by atoms with Crippen molar-refractivity contribution in [3.05, 3.63) is 33.8 Å². The molecule has 0 unspecified atom stereocenters. The SMILES string of the molecule is OC1(c2cc(Cl)cc(Cl)c2)CCSCC1. The van der Waals surface area contributed by atoms with E-state index in [1.54, 1.807) is 6.07 Å². The van der Waals surface area contributed by atoms with Crippen LogP contribution in [0.15, 0.2) is 18.2 Å². The highest BCUT2D eigenvalue weighted by molar-refractivity contribution is 7.99. The molecule has 1 N–H and O–H groups in total. The Balaban J connectivity index is 2.34. The average Bonchev–Trinajstić information content (AvgIpc) is 2.17. The molecule has 1 fully saturated rings. The molecule has 0 saturated carbocycles. The van der Waals surface area contributed by atoms with E-state index in [4.69, 9.17) is 23.2 Å². The molecular formula is C11H12Cl2OS. The number of hydrogen-bond donors (Lipinski definition) is 1. The van der Waals surface area contributed by atoms with Gasteiger partial charge < -0.3 is 5.11 Å². The molecule has 1 saturated heterocycles. The summed E-state index contributed by atoms with van der Waals surface area (Å²) >= 11 is 13.7. The van der Waals surface area contributed by atoms with Crippen molar-refractivity contribution in [2.45, 2.75) is 18.4 Å². The first kappa shape index (κ1) is 11.6. The maximum atomic E-state index is 10.5. The van der Waals surface area contributed by atoms with Gasteiger partial charge in [0.15, 0.2) is 0 Å². The zero-order valence-corrected chi connectivity index (χ0v) is 10.5. The van der Waals surface area contributed by atoms with Crippen LogP contribution in [0.3, 0.4) is 0 Å². The molecule has 82 valence electrons. The van der Waals surface area contributed by atoms with Crippen LogP contribution in [0.25, 0.3) is 0 Å². The van der Waals surface area contributed by atoms with Crippen molar-refractivity contribution in [3.63, 3.8) is 0 Å². The quantitative estimate of drug-likeness (QED) is 0.833.